The van der Waals surface area contributed by atoms with E-state index in [4.69, 9.17) is 4.74 Å². The average Bonchev–Trinajstić information content (AvgIpc) is 2.52. The Kier molecular flexibility index (Phi) is 5.84. The molecule has 0 N–H and O–H groups in total. The van der Waals surface area contributed by atoms with Crippen molar-refractivity contribution < 1.29 is 47.3 Å². The van der Waals surface area contributed by atoms with Gasteiger partial charge in [-0.25, -0.2) is 8.42 Å². The number of hydrogen-bond acceptors (Lipinski definition) is 4. The van der Waals surface area contributed by atoms with Crippen LogP contribution in [0, 0.1) is 0 Å². The van der Waals surface area contributed by atoms with Crippen LogP contribution >= 0.6 is 0 Å². The van der Waals surface area contributed by atoms with Crippen molar-refractivity contribution in [3.05, 3.63) is 72.3 Å². The van der Waals surface area contributed by atoms with Gasteiger partial charge in [-0.2, -0.15) is 0 Å². The van der Waals surface area contributed by atoms with Gasteiger partial charge in [0.1, 0.15) is 22.5 Å². The maximum Gasteiger partial charge on any atom is 1.00 e. The predicted molar refractivity (Wildman–Crippen MR) is 82.7 cm³/mol. The molecule has 0 aliphatic heterocycles. The van der Waals surface area contributed by atoms with Crippen molar-refractivity contribution in [2.45, 2.75) is 11.5 Å². The van der Waals surface area contributed by atoms with E-state index in [1.807, 2.05) is 30.3 Å². The largest absolute Gasteiger partial charge is 1.00 e. The van der Waals surface area contributed by atoms with E-state index in [0.717, 1.165) is 5.56 Å². The zero-order valence-corrected chi connectivity index (χ0v) is 15.4. The van der Waals surface area contributed by atoms with Crippen molar-refractivity contribution in [1.29, 1.82) is 0 Å². The molecule has 0 aromatic heterocycles. The molecule has 0 bridgehead atoms. The molecule has 0 atom stereocenters. The quantitative estimate of drug-likeness (QED) is 0.509. The zero-order valence-electron chi connectivity index (χ0n) is 12.6. The molecule has 4 nitrogen and oxygen atoms in total. The molecule has 3 aromatic carbocycles. The van der Waals surface area contributed by atoms with Gasteiger partial charge in [-0.1, -0.05) is 54.6 Å². The Morgan fingerprint density at radius 1 is 0.826 bits per heavy atom. The van der Waals surface area contributed by atoms with Crippen LogP contribution in [0.4, 0.5) is 0 Å². The van der Waals surface area contributed by atoms with Crippen LogP contribution in [0.5, 0.6) is 5.75 Å². The van der Waals surface area contributed by atoms with Crippen molar-refractivity contribution >= 4 is 20.9 Å². The van der Waals surface area contributed by atoms with Gasteiger partial charge >= 0.3 is 29.6 Å². The summed E-state index contributed by atoms with van der Waals surface area (Å²) in [5.41, 5.74) is 1.01. The molecule has 23 heavy (non-hydrogen) atoms. The molecule has 0 saturated heterocycles. The number of fused-ring (bicyclic) bond motifs is 1. The van der Waals surface area contributed by atoms with Gasteiger partial charge in [-0.3, -0.25) is 0 Å². The second-order valence-corrected chi connectivity index (χ2v) is 6.18. The van der Waals surface area contributed by atoms with Crippen LogP contribution in [0.3, 0.4) is 0 Å². The summed E-state index contributed by atoms with van der Waals surface area (Å²) >= 11 is 0. The summed E-state index contributed by atoms with van der Waals surface area (Å²) in [6, 6.07) is 19.3. The van der Waals surface area contributed by atoms with Gasteiger partial charge in [0.15, 0.2) is 0 Å². The molecular formula is C17H13NaO4S. The summed E-state index contributed by atoms with van der Waals surface area (Å²) in [5.74, 6) is 0.548. The van der Waals surface area contributed by atoms with Crippen molar-refractivity contribution in [3.8, 4) is 5.75 Å². The van der Waals surface area contributed by atoms with Gasteiger partial charge in [0.05, 0.1) is 4.90 Å². The van der Waals surface area contributed by atoms with Gasteiger partial charge in [-0.05, 0) is 17.7 Å². The van der Waals surface area contributed by atoms with Gasteiger partial charge in [0, 0.05) is 10.8 Å². The molecule has 0 amide bonds. The van der Waals surface area contributed by atoms with E-state index in [1.165, 1.54) is 12.1 Å². The van der Waals surface area contributed by atoms with E-state index in [1.54, 1.807) is 24.3 Å². The first-order valence-electron chi connectivity index (χ1n) is 6.70. The van der Waals surface area contributed by atoms with Gasteiger partial charge in [0.25, 0.3) is 0 Å². The van der Waals surface area contributed by atoms with Crippen molar-refractivity contribution in [2.75, 3.05) is 0 Å². The minimum absolute atomic E-state index is 0. The Balaban J connectivity index is 0.00000192. The Morgan fingerprint density at radius 2 is 1.43 bits per heavy atom. The third-order valence-electron chi connectivity index (χ3n) is 3.35. The molecule has 0 radical (unpaired) electrons. The average molecular weight is 336 g/mol. The third-order valence-corrected chi connectivity index (χ3v) is 4.25. The van der Waals surface area contributed by atoms with Crippen LogP contribution in [0.25, 0.3) is 10.8 Å². The molecule has 0 aliphatic carbocycles. The second-order valence-electron chi connectivity index (χ2n) is 4.84. The molecule has 0 unspecified atom stereocenters. The first kappa shape index (κ1) is 18.0. The minimum Gasteiger partial charge on any atom is -0.744 e. The molecule has 0 fully saturated rings. The van der Waals surface area contributed by atoms with Gasteiger partial charge in [0.2, 0.25) is 0 Å². The maximum atomic E-state index is 11.3. The molecule has 112 valence electrons. The van der Waals surface area contributed by atoms with Gasteiger partial charge < -0.3 is 9.29 Å². The van der Waals surface area contributed by atoms with Crippen LogP contribution in [-0.2, 0) is 16.7 Å². The third kappa shape index (κ3) is 4.13. The zero-order chi connectivity index (χ0) is 15.6. The van der Waals surface area contributed by atoms with Crippen LogP contribution in [-0.4, -0.2) is 13.0 Å². The first-order chi connectivity index (χ1) is 10.6. The first-order valence-corrected chi connectivity index (χ1v) is 8.11. The summed E-state index contributed by atoms with van der Waals surface area (Å²) in [6.07, 6.45) is 0. The van der Waals surface area contributed by atoms with E-state index < -0.39 is 10.1 Å². The molecule has 3 rings (SSSR count). The molecular weight excluding hydrogens is 323 g/mol. The molecule has 0 spiro atoms. The fourth-order valence-corrected chi connectivity index (χ4v) is 3.01. The van der Waals surface area contributed by atoms with Crippen LogP contribution in [0.2, 0.25) is 0 Å². The number of ether oxygens (including phenoxy) is 1. The normalized spacial score (nSPS) is 11.0. The van der Waals surface area contributed by atoms with E-state index in [2.05, 4.69) is 0 Å². The standard InChI is InChI=1S/C17H14O4S.Na/c18-22(19,20)17-11-10-16(14-8-4-5-9-15(14)17)21-12-13-6-2-1-3-7-13;/h1-11H,12H2,(H,18,19,20);/q;+1/p-1. The molecule has 0 heterocycles. The summed E-state index contributed by atoms with van der Waals surface area (Å²) < 4.78 is 39.8. The van der Waals surface area contributed by atoms with E-state index in [9.17, 15) is 13.0 Å². The number of rotatable bonds is 4. The van der Waals surface area contributed by atoms with Crippen molar-refractivity contribution in [1.82, 2.24) is 0 Å². The van der Waals surface area contributed by atoms with Crippen LogP contribution in [0.1, 0.15) is 5.56 Å². The summed E-state index contributed by atoms with van der Waals surface area (Å²) in [7, 11) is -4.52. The van der Waals surface area contributed by atoms with E-state index in [-0.39, 0.29) is 34.5 Å². The molecule has 0 saturated carbocycles. The van der Waals surface area contributed by atoms with Crippen LogP contribution in [0.15, 0.2) is 71.6 Å². The van der Waals surface area contributed by atoms with E-state index >= 15 is 0 Å². The van der Waals surface area contributed by atoms with Gasteiger partial charge in [-0.15, -0.1) is 0 Å². The number of hydrogen-bond donors (Lipinski definition) is 0. The monoisotopic (exact) mass is 336 g/mol. The van der Waals surface area contributed by atoms with E-state index in [0.29, 0.717) is 23.1 Å². The fraction of sp³-hybridized carbons (Fsp3) is 0.0588. The smallest absolute Gasteiger partial charge is 0.744 e. The van der Waals surface area contributed by atoms with Crippen molar-refractivity contribution in [3.63, 3.8) is 0 Å². The summed E-state index contributed by atoms with van der Waals surface area (Å²) in [5, 5.41) is 0.985. The minimum atomic E-state index is -4.52. The number of benzene rings is 3. The Hall–Kier alpha value is -1.37. The molecule has 6 heteroatoms. The SMILES string of the molecule is O=S(=O)([O-])c1ccc(OCc2ccccc2)c2ccccc12.[Na+]. The fourth-order valence-electron chi connectivity index (χ4n) is 2.32. The molecule has 0 aliphatic rings. The molecule has 3 aromatic rings. The Morgan fingerprint density at radius 3 is 2.09 bits per heavy atom. The Bertz CT molecular complexity index is 908. The summed E-state index contributed by atoms with van der Waals surface area (Å²) in [6.45, 7) is 0.369. The maximum absolute atomic E-state index is 11.3. The Labute approximate surface area is 157 Å². The van der Waals surface area contributed by atoms with Crippen molar-refractivity contribution in [2.24, 2.45) is 0 Å². The topological polar surface area (TPSA) is 66.4 Å². The predicted octanol–water partition coefficient (Wildman–Crippen LogP) is 0.327. The second kappa shape index (κ2) is 7.47. The summed E-state index contributed by atoms with van der Waals surface area (Å²) in [4.78, 5) is -0.227. The van der Waals surface area contributed by atoms with Crippen LogP contribution < -0.4 is 34.3 Å².